The summed E-state index contributed by atoms with van der Waals surface area (Å²) < 4.78 is 11.1. The maximum atomic E-state index is 12.8. The van der Waals surface area contributed by atoms with Gasteiger partial charge in [-0.1, -0.05) is 23.2 Å². The van der Waals surface area contributed by atoms with E-state index in [4.69, 9.17) is 37.5 Å². The Morgan fingerprint density at radius 1 is 1.20 bits per heavy atom. The van der Waals surface area contributed by atoms with Crippen LogP contribution in [0.3, 0.4) is 0 Å². The number of fused-ring (bicyclic) bond motifs is 1. The minimum absolute atomic E-state index is 0.136. The van der Waals surface area contributed by atoms with Crippen LogP contribution in [0.1, 0.15) is 5.56 Å². The summed E-state index contributed by atoms with van der Waals surface area (Å²) in [6, 6.07) is 9.72. The third-order valence-electron chi connectivity index (χ3n) is 3.58. The van der Waals surface area contributed by atoms with Crippen molar-refractivity contribution in [3.63, 3.8) is 0 Å². The van der Waals surface area contributed by atoms with Gasteiger partial charge in [-0.25, -0.2) is 4.79 Å². The zero-order chi connectivity index (χ0) is 18.1. The molecule has 0 unspecified atom stereocenters. The Bertz CT molecular complexity index is 1020. The average molecular weight is 379 g/mol. The highest BCUT2D eigenvalue weighted by Crippen LogP contribution is 2.33. The van der Waals surface area contributed by atoms with E-state index in [1.807, 2.05) is 0 Å². The molecule has 0 spiro atoms. The molecule has 0 radical (unpaired) electrons. The Hall–Kier alpha value is -2.50. The summed E-state index contributed by atoms with van der Waals surface area (Å²) in [5.74, 6) is -1.25. The Kier molecular flexibility index (Phi) is 4.70. The standard InChI is InChI=1S/C18H12Cl2O5/c1-9-6-14-12(7-13(9)20)16(23)18(24-8-15(21)22)17(25-14)10-2-4-11(19)5-3-10/h2-7H,8H2,1H3,(H,21,22). The van der Waals surface area contributed by atoms with Crippen LogP contribution < -0.4 is 10.2 Å². The van der Waals surface area contributed by atoms with Crippen molar-refractivity contribution in [3.8, 4) is 17.1 Å². The van der Waals surface area contributed by atoms with E-state index in [9.17, 15) is 9.59 Å². The number of carboxylic acid groups (broad SMARTS) is 1. The molecule has 0 saturated heterocycles. The van der Waals surface area contributed by atoms with E-state index < -0.39 is 18.0 Å². The van der Waals surface area contributed by atoms with Gasteiger partial charge in [0, 0.05) is 15.6 Å². The van der Waals surface area contributed by atoms with Crippen LogP contribution in [0.2, 0.25) is 10.0 Å². The Labute approximate surface area is 152 Å². The Balaban J connectivity index is 2.29. The van der Waals surface area contributed by atoms with Crippen LogP contribution in [0.4, 0.5) is 0 Å². The topological polar surface area (TPSA) is 76.7 Å². The van der Waals surface area contributed by atoms with Gasteiger partial charge in [0.2, 0.25) is 11.2 Å². The molecule has 0 bridgehead atoms. The molecule has 2 aromatic carbocycles. The minimum Gasteiger partial charge on any atom is -0.479 e. The fraction of sp³-hybridized carbons (Fsp3) is 0.111. The molecule has 0 aliphatic heterocycles. The van der Waals surface area contributed by atoms with Gasteiger partial charge in [-0.05, 0) is 48.9 Å². The predicted molar refractivity (Wildman–Crippen MR) is 95.8 cm³/mol. The summed E-state index contributed by atoms with van der Waals surface area (Å²) in [6.07, 6.45) is 0. The molecule has 128 valence electrons. The zero-order valence-corrected chi connectivity index (χ0v) is 14.5. The highest BCUT2D eigenvalue weighted by atomic mass is 35.5. The number of ether oxygens (including phenoxy) is 1. The van der Waals surface area contributed by atoms with E-state index in [1.165, 1.54) is 6.07 Å². The van der Waals surface area contributed by atoms with Gasteiger partial charge < -0.3 is 14.3 Å². The smallest absolute Gasteiger partial charge is 0.341 e. The summed E-state index contributed by atoms with van der Waals surface area (Å²) in [5.41, 5.74) is 1.13. The number of halogens is 2. The third-order valence-corrected chi connectivity index (χ3v) is 4.24. The molecule has 0 atom stereocenters. The number of hydrogen-bond donors (Lipinski definition) is 1. The number of carbonyl (C=O) groups is 1. The first kappa shape index (κ1) is 17.3. The van der Waals surface area contributed by atoms with E-state index >= 15 is 0 Å². The van der Waals surface area contributed by atoms with E-state index in [-0.39, 0.29) is 16.9 Å². The lowest BCUT2D eigenvalue weighted by molar-refractivity contribution is -0.139. The molecule has 0 amide bonds. The van der Waals surface area contributed by atoms with Gasteiger partial charge >= 0.3 is 5.97 Å². The predicted octanol–water partition coefficient (Wildman–Crippen LogP) is 4.54. The first-order valence-electron chi connectivity index (χ1n) is 7.24. The van der Waals surface area contributed by atoms with Crippen LogP contribution in [0.15, 0.2) is 45.6 Å². The lowest BCUT2D eigenvalue weighted by Crippen LogP contribution is -2.16. The van der Waals surface area contributed by atoms with Crippen LogP contribution in [0.25, 0.3) is 22.3 Å². The third kappa shape index (κ3) is 3.48. The fourth-order valence-corrected chi connectivity index (χ4v) is 2.64. The van der Waals surface area contributed by atoms with Crippen molar-refractivity contribution in [2.24, 2.45) is 0 Å². The van der Waals surface area contributed by atoms with Gasteiger partial charge in [-0.2, -0.15) is 0 Å². The first-order chi connectivity index (χ1) is 11.9. The summed E-state index contributed by atoms with van der Waals surface area (Å²) in [4.78, 5) is 23.6. The highest BCUT2D eigenvalue weighted by Gasteiger charge is 2.19. The SMILES string of the molecule is Cc1cc2oc(-c3ccc(Cl)cc3)c(OCC(=O)O)c(=O)c2cc1Cl. The van der Waals surface area contributed by atoms with Crippen molar-refractivity contribution in [2.75, 3.05) is 6.61 Å². The van der Waals surface area contributed by atoms with Crippen molar-refractivity contribution >= 4 is 40.1 Å². The molecule has 5 nitrogen and oxygen atoms in total. The van der Waals surface area contributed by atoms with Crippen molar-refractivity contribution in [1.82, 2.24) is 0 Å². The number of carboxylic acids is 1. The molecule has 3 aromatic rings. The quantitative estimate of drug-likeness (QED) is 0.720. The lowest BCUT2D eigenvalue weighted by atomic mass is 10.1. The second kappa shape index (κ2) is 6.78. The zero-order valence-electron chi connectivity index (χ0n) is 13.0. The molecule has 0 aliphatic carbocycles. The number of aryl methyl sites for hydroxylation is 1. The van der Waals surface area contributed by atoms with Gasteiger partial charge in [0.25, 0.3) is 0 Å². The molecule has 25 heavy (non-hydrogen) atoms. The second-order valence-corrected chi connectivity index (χ2v) is 6.22. The highest BCUT2D eigenvalue weighted by molar-refractivity contribution is 6.32. The van der Waals surface area contributed by atoms with Gasteiger partial charge in [-0.3, -0.25) is 4.79 Å². The summed E-state index contributed by atoms with van der Waals surface area (Å²) in [5, 5.41) is 10.00. The van der Waals surface area contributed by atoms with Crippen molar-refractivity contribution in [2.45, 2.75) is 6.92 Å². The molecule has 1 N–H and O–H groups in total. The number of benzene rings is 2. The maximum Gasteiger partial charge on any atom is 0.341 e. The van der Waals surface area contributed by atoms with Crippen LogP contribution in [-0.4, -0.2) is 17.7 Å². The monoisotopic (exact) mass is 378 g/mol. The van der Waals surface area contributed by atoms with E-state index in [0.29, 0.717) is 21.2 Å². The molecule has 1 heterocycles. The molecular formula is C18H12Cl2O5. The van der Waals surface area contributed by atoms with Crippen LogP contribution in [0, 0.1) is 6.92 Å². The lowest BCUT2D eigenvalue weighted by Gasteiger charge is -2.11. The number of aliphatic carboxylic acids is 1. The second-order valence-electron chi connectivity index (χ2n) is 5.38. The Morgan fingerprint density at radius 3 is 2.52 bits per heavy atom. The van der Waals surface area contributed by atoms with E-state index in [0.717, 1.165) is 5.56 Å². The molecule has 3 rings (SSSR count). The summed E-state index contributed by atoms with van der Waals surface area (Å²) in [7, 11) is 0. The average Bonchev–Trinajstić information content (AvgIpc) is 2.56. The minimum atomic E-state index is -1.21. The van der Waals surface area contributed by atoms with Gasteiger partial charge in [0.1, 0.15) is 5.58 Å². The molecule has 0 fully saturated rings. The van der Waals surface area contributed by atoms with Crippen LogP contribution >= 0.6 is 23.2 Å². The fourth-order valence-electron chi connectivity index (χ4n) is 2.35. The summed E-state index contributed by atoms with van der Waals surface area (Å²) >= 11 is 12.0. The van der Waals surface area contributed by atoms with Crippen molar-refractivity contribution in [3.05, 3.63) is 62.2 Å². The van der Waals surface area contributed by atoms with Crippen molar-refractivity contribution in [1.29, 1.82) is 0 Å². The van der Waals surface area contributed by atoms with Gasteiger partial charge in [0.15, 0.2) is 12.4 Å². The molecular weight excluding hydrogens is 367 g/mol. The molecule has 0 saturated carbocycles. The molecule has 0 aliphatic rings. The van der Waals surface area contributed by atoms with E-state index in [2.05, 4.69) is 0 Å². The van der Waals surface area contributed by atoms with Crippen molar-refractivity contribution < 1.29 is 19.1 Å². The number of hydrogen-bond acceptors (Lipinski definition) is 4. The van der Waals surface area contributed by atoms with E-state index in [1.54, 1.807) is 37.3 Å². The van der Waals surface area contributed by atoms with Crippen LogP contribution in [-0.2, 0) is 4.79 Å². The normalized spacial score (nSPS) is 10.8. The number of rotatable bonds is 4. The van der Waals surface area contributed by atoms with Gasteiger partial charge in [0.05, 0.1) is 5.39 Å². The molecule has 7 heteroatoms. The summed E-state index contributed by atoms with van der Waals surface area (Å²) in [6.45, 7) is 1.12. The first-order valence-corrected chi connectivity index (χ1v) is 8.00. The largest absolute Gasteiger partial charge is 0.479 e. The Morgan fingerprint density at radius 2 is 1.88 bits per heavy atom. The maximum absolute atomic E-state index is 12.8. The molecule has 1 aromatic heterocycles. The van der Waals surface area contributed by atoms with Gasteiger partial charge in [-0.15, -0.1) is 0 Å². The van der Waals surface area contributed by atoms with Crippen LogP contribution in [0.5, 0.6) is 5.75 Å².